The predicted octanol–water partition coefficient (Wildman–Crippen LogP) is 2.61. The molecule has 3 aromatic rings. The number of fused-ring (bicyclic) bond motifs is 1. The maximum absolute atomic E-state index is 12.7. The molecule has 0 aliphatic heterocycles. The van der Waals surface area contributed by atoms with Gasteiger partial charge in [-0.3, -0.25) is 14.2 Å². The number of thiophene rings is 1. The van der Waals surface area contributed by atoms with Crippen molar-refractivity contribution >= 4 is 28.2 Å². The number of carbonyl (C=O) groups is 1. The zero-order chi connectivity index (χ0) is 16.2. The van der Waals surface area contributed by atoms with Crippen molar-refractivity contribution in [2.45, 2.75) is 19.9 Å². The molecule has 6 heteroatoms. The fourth-order valence-electron chi connectivity index (χ4n) is 2.42. The number of rotatable bonds is 5. The molecule has 0 amide bonds. The maximum atomic E-state index is 12.7. The molecule has 0 aliphatic carbocycles. The molecular weight excluding hydrogens is 312 g/mol. The lowest BCUT2D eigenvalue weighted by atomic mass is 10.2. The molecule has 118 valence electrons. The highest BCUT2D eigenvalue weighted by Crippen LogP contribution is 2.14. The topological polar surface area (TPSA) is 61.2 Å². The first-order valence-electron chi connectivity index (χ1n) is 7.34. The standard InChI is InChI=1S/C17H16N2O3S/c1-2-22-16(20)10-19-15(9-12-7-8-23-11-12)18-14-6-4-3-5-13(14)17(19)21/h3-8,11H,2,9-10H2,1H3. The van der Waals surface area contributed by atoms with Gasteiger partial charge >= 0.3 is 5.97 Å². The van der Waals surface area contributed by atoms with E-state index in [4.69, 9.17) is 4.74 Å². The number of aromatic nitrogens is 2. The van der Waals surface area contributed by atoms with Crippen LogP contribution in [-0.2, 0) is 22.5 Å². The van der Waals surface area contributed by atoms with Gasteiger partial charge in [0.1, 0.15) is 12.4 Å². The maximum Gasteiger partial charge on any atom is 0.326 e. The second-order valence-electron chi connectivity index (χ2n) is 5.05. The summed E-state index contributed by atoms with van der Waals surface area (Å²) >= 11 is 1.59. The first-order valence-corrected chi connectivity index (χ1v) is 8.28. The van der Waals surface area contributed by atoms with E-state index >= 15 is 0 Å². The number of ether oxygens (including phenoxy) is 1. The van der Waals surface area contributed by atoms with Crippen LogP contribution in [0.3, 0.4) is 0 Å². The molecule has 5 nitrogen and oxygen atoms in total. The SMILES string of the molecule is CCOC(=O)Cn1c(Cc2ccsc2)nc2ccccc2c1=O. The highest BCUT2D eigenvalue weighted by atomic mass is 32.1. The van der Waals surface area contributed by atoms with Gasteiger partial charge in [0.15, 0.2) is 0 Å². The monoisotopic (exact) mass is 328 g/mol. The minimum absolute atomic E-state index is 0.121. The molecule has 2 heterocycles. The van der Waals surface area contributed by atoms with E-state index in [2.05, 4.69) is 4.98 Å². The number of hydrogen-bond donors (Lipinski definition) is 0. The average Bonchev–Trinajstić information content (AvgIpc) is 3.04. The van der Waals surface area contributed by atoms with Crippen LogP contribution >= 0.6 is 11.3 Å². The van der Waals surface area contributed by atoms with Gasteiger partial charge in [-0.15, -0.1) is 0 Å². The second-order valence-corrected chi connectivity index (χ2v) is 5.83. The normalized spacial score (nSPS) is 10.8. The molecule has 0 fully saturated rings. The number of hydrogen-bond acceptors (Lipinski definition) is 5. The Bertz CT molecular complexity index is 884. The quantitative estimate of drug-likeness (QED) is 0.676. The largest absolute Gasteiger partial charge is 0.465 e. The van der Waals surface area contributed by atoms with E-state index in [1.807, 2.05) is 29.0 Å². The molecule has 0 aliphatic rings. The molecular formula is C17H16N2O3S. The molecule has 2 aromatic heterocycles. The fraction of sp³-hybridized carbons (Fsp3) is 0.235. The van der Waals surface area contributed by atoms with Gasteiger partial charge in [-0.2, -0.15) is 11.3 Å². The van der Waals surface area contributed by atoms with Crippen LogP contribution in [0.2, 0.25) is 0 Å². The molecule has 0 saturated carbocycles. The third kappa shape index (κ3) is 3.32. The van der Waals surface area contributed by atoms with Crippen molar-refractivity contribution in [2.24, 2.45) is 0 Å². The summed E-state index contributed by atoms with van der Waals surface area (Å²) in [7, 11) is 0. The summed E-state index contributed by atoms with van der Waals surface area (Å²) in [6, 6.07) is 9.15. The van der Waals surface area contributed by atoms with Crippen molar-refractivity contribution < 1.29 is 9.53 Å². The molecule has 1 aromatic carbocycles. The van der Waals surface area contributed by atoms with Crippen molar-refractivity contribution in [1.82, 2.24) is 9.55 Å². The second kappa shape index (κ2) is 6.75. The van der Waals surface area contributed by atoms with Crippen LogP contribution in [0.15, 0.2) is 45.9 Å². The third-order valence-electron chi connectivity index (χ3n) is 3.48. The van der Waals surface area contributed by atoms with E-state index in [9.17, 15) is 9.59 Å². The molecule has 0 unspecified atom stereocenters. The Labute approximate surface area is 137 Å². The summed E-state index contributed by atoms with van der Waals surface area (Å²) in [5.74, 6) is 0.137. The van der Waals surface area contributed by atoms with Crippen LogP contribution < -0.4 is 5.56 Å². The molecule has 0 N–H and O–H groups in total. The Balaban J connectivity index is 2.10. The number of benzene rings is 1. The van der Waals surface area contributed by atoms with Gasteiger partial charge in [-0.25, -0.2) is 4.98 Å². The van der Waals surface area contributed by atoms with Gasteiger partial charge < -0.3 is 4.74 Å². The molecule has 3 rings (SSSR count). The third-order valence-corrected chi connectivity index (χ3v) is 4.21. The van der Waals surface area contributed by atoms with E-state index in [0.29, 0.717) is 23.1 Å². The number of para-hydroxylation sites is 1. The lowest BCUT2D eigenvalue weighted by molar-refractivity contribution is -0.143. The smallest absolute Gasteiger partial charge is 0.326 e. The summed E-state index contributed by atoms with van der Waals surface area (Å²) in [5.41, 5.74) is 1.49. The van der Waals surface area contributed by atoms with E-state index in [-0.39, 0.29) is 18.7 Å². The molecule has 0 radical (unpaired) electrons. The zero-order valence-corrected chi connectivity index (χ0v) is 13.5. The first kappa shape index (κ1) is 15.4. The number of carbonyl (C=O) groups excluding carboxylic acids is 1. The Morgan fingerprint density at radius 3 is 2.87 bits per heavy atom. The Morgan fingerprint density at radius 2 is 2.13 bits per heavy atom. The minimum atomic E-state index is -0.432. The first-order chi connectivity index (χ1) is 11.2. The van der Waals surface area contributed by atoms with E-state index in [1.54, 1.807) is 30.4 Å². The van der Waals surface area contributed by atoms with Crippen LogP contribution in [-0.4, -0.2) is 22.1 Å². The van der Waals surface area contributed by atoms with E-state index < -0.39 is 5.97 Å². The van der Waals surface area contributed by atoms with Gasteiger partial charge in [-0.1, -0.05) is 12.1 Å². The summed E-state index contributed by atoms with van der Waals surface area (Å²) < 4.78 is 6.39. The summed E-state index contributed by atoms with van der Waals surface area (Å²) in [4.78, 5) is 29.2. The van der Waals surface area contributed by atoms with Crippen LogP contribution in [0.1, 0.15) is 18.3 Å². The van der Waals surface area contributed by atoms with E-state index in [1.165, 1.54) is 4.57 Å². The average molecular weight is 328 g/mol. The minimum Gasteiger partial charge on any atom is -0.465 e. The number of esters is 1. The molecule has 23 heavy (non-hydrogen) atoms. The Hall–Kier alpha value is -2.47. The highest BCUT2D eigenvalue weighted by Gasteiger charge is 2.15. The van der Waals surface area contributed by atoms with Gasteiger partial charge in [0, 0.05) is 6.42 Å². The zero-order valence-electron chi connectivity index (χ0n) is 12.7. The summed E-state index contributed by atoms with van der Waals surface area (Å²) in [6.07, 6.45) is 0.503. The highest BCUT2D eigenvalue weighted by molar-refractivity contribution is 7.07. The van der Waals surface area contributed by atoms with E-state index in [0.717, 1.165) is 5.56 Å². The van der Waals surface area contributed by atoms with Crippen molar-refractivity contribution in [3.05, 3.63) is 62.8 Å². The van der Waals surface area contributed by atoms with Gasteiger partial charge in [0.05, 0.1) is 17.5 Å². The van der Waals surface area contributed by atoms with Crippen molar-refractivity contribution in [3.8, 4) is 0 Å². The van der Waals surface area contributed by atoms with Crippen molar-refractivity contribution in [1.29, 1.82) is 0 Å². The molecule has 0 atom stereocenters. The summed E-state index contributed by atoms with van der Waals surface area (Å²) in [5, 5.41) is 4.49. The lowest BCUT2D eigenvalue weighted by Crippen LogP contribution is -2.29. The lowest BCUT2D eigenvalue weighted by Gasteiger charge is -2.12. The Morgan fingerprint density at radius 1 is 1.30 bits per heavy atom. The molecule has 0 saturated heterocycles. The van der Waals surface area contributed by atoms with Crippen LogP contribution in [0.4, 0.5) is 0 Å². The predicted molar refractivity (Wildman–Crippen MR) is 89.8 cm³/mol. The van der Waals surface area contributed by atoms with Crippen molar-refractivity contribution in [3.63, 3.8) is 0 Å². The molecule has 0 spiro atoms. The van der Waals surface area contributed by atoms with Gasteiger partial charge in [0.25, 0.3) is 5.56 Å². The fourth-order valence-corrected chi connectivity index (χ4v) is 3.09. The van der Waals surface area contributed by atoms with Gasteiger partial charge in [-0.05, 0) is 41.4 Å². The van der Waals surface area contributed by atoms with Crippen LogP contribution in [0.5, 0.6) is 0 Å². The number of nitrogens with zero attached hydrogens (tertiary/aromatic N) is 2. The van der Waals surface area contributed by atoms with Crippen LogP contribution in [0, 0.1) is 0 Å². The van der Waals surface area contributed by atoms with Crippen LogP contribution in [0.25, 0.3) is 10.9 Å². The van der Waals surface area contributed by atoms with Crippen molar-refractivity contribution in [2.75, 3.05) is 6.61 Å². The van der Waals surface area contributed by atoms with Gasteiger partial charge in [0.2, 0.25) is 0 Å². The molecule has 0 bridgehead atoms. The summed E-state index contributed by atoms with van der Waals surface area (Å²) in [6.45, 7) is 1.91. The Kier molecular flexibility index (Phi) is 4.52.